The normalized spacial score (nSPS) is 20.9. The molecule has 4 nitrogen and oxygen atoms in total. The number of rotatable bonds is 2. The Morgan fingerprint density at radius 3 is 2.53 bits per heavy atom. The Bertz CT molecular complexity index is 546. The molecule has 1 N–H and O–H groups in total. The molecule has 1 aromatic carbocycles. The molecular weight excluding hydrogens is 284 g/mol. The zero-order chi connectivity index (χ0) is 13.3. The largest absolute Gasteiger partial charge is 0.314 e. The minimum absolute atomic E-state index is 0. The minimum atomic E-state index is -3.36. The number of hydrogen-bond acceptors (Lipinski definition) is 3. The Morgan fingerprint density at radius 2 is 1.95 bits per heavy atom. The maximum absolute atomic E-state index is 12.6. The molecule has 0 saturated carbocycles. The first-order chi connectivity index (χ1) is 8.43. The summed E-state index contributed by atoms with van der Waals surface area (Å²) in [5.41, 5.74) is 2.13. The maximum atomic E-state index is 12.6. The Kier molecular flexibility index (Phi) is 5.38. The molecule has 0 amide bonds. The number of halogens is 1. The Morgan fingerprint density at radius 1 is 1.26 bits per heavy atom. The van der Waals surface area contributed by atoms with Crippen LogP contribution in [-0.2, 0) is 10.0 Å². The lowest BCUT2D eigenvalue weighted by Gasteiger charge is -2.32. The molecule has 0 radical (unpaired) electrons. The Balaban J connectivity index is 0.00000180. The number of sulfonamides is 1. The van der Waals surface area contributed by atoms with Crippen LogP contribution in [0.1, 0.15) is 18.1 Å². The van der Waals surface area contributed by atoms with Gasteiger partial charge in [-0.1, -0.05) is 6.07 Å². The number of nitrogens with one attached hydrogen (secondary N) is 1. The second-order valence-corrected chi connectivity index (χ2v) is 6.81. The number of benzene rings is 1. The van der Waals surface area contributed by atoms with Gasteiger partial charge in [0.25, 0.3) is 0 Å². The SMILES string of the molecule is Cc1ccc(S(=O)(=O)N2CCNC[C@@H]2C)cc1C.Cl. The van der Waals surface area contributed by atoms with Crippen LogP contribution in [0, 0.1) is 13.8 Å². The molecule has 1 aromatic rings. The molecule has 19 heavy (non-hydrogen) atoms. The van der Waals surface area contributed by atoms with Crippen LogP contribution >= 0.6 is 12.4 Å². The molecule has 0 unspecified atom stereocenters. The smallest absolute Gasteiger partial charge is 0.243 e. The van der Waals surface area contributed by atoms with Crippen LogP contribution < -0.4 is 5.32 Å². The zero-order valence-electron chi connectivity index (χ0n) is 11.5. The molecule has 0 aromatic heterocycles. The van der Waals surface area contributed by atoms with Crippen LogP contribution in [-0.4, -0.2) is 38.4 Å². The summed E-state index contributed by atoms with van der Waals surface area (Å²) in [7, 11) is -3.36. The molecule has 0 bridgehead atoms. The van der Waals surface area contributed by atoms with Gasteiger partial charge in [0.05, 0.1) is 4.90 Å². The maximum Gasteiger partial charge on any atom is 0.243 e. The summed E-state index contributed by atoms with van der Waals surface area (Å²) >= 11 is 0. The van der Waals surface area contributed by atoms with E-state index in [4.69, 9.17) is 0 Å². The van der Waals surface area contributed by atoms with Crippen LogP contribution in [0.15, 0.2) is 23.1 Å². The highest BCUT2D eigenvalue weighted by Crippen LogP contribution is 2.21. The number of aryl methyl sites for hydroxylation is 2. The fraction of sp³-hybridized carbons (Fsp3) is 0.538. The van der Waals surface area contributed by atoms with Gasteiger partial charge in [0, 0.05) is 25.7 Å². The lowest BCUT2D eigenvalue weighted by Crippen LogP contribution is -2.52. The molecule has 1 saturated heterocycles. The van der Waals surface area contributed by atoms with Gasteiger partial charge in [-0.05, 0) is 44.0 Å². The van der Waals surface area contributed by atoms with E-state index >= 15 is 0 Å². The highest BCUT2D eigenvalue weighted by atomic mass is 35.5. The van der Waals surface area contributed by atoms with E-state index in [0.717, 1.165) is 11.1 Å². The van der Waals surface area contributed by atoms with E-state index < -0.39 is 10.0 Å². The third-order valence-corrected chi connectivity index (χ3v) is 5.53. The van der Waals surface area contributed by atoms with Gasteiger partial charge in [-0.2, -0.15) is 4.31 Å². The van der Waals surface area contributed by atoms with Crippen LogP contribution in [0.3, 0.4) is 0 Å². The van der Waals surface area contributed by atoms with Crippen molar-refractivity contribution in [2.24, 2.45) is 0 Å². The van der Waals surface area contributed by atoms with Gasteiger partial charge in [0.15, 0.2) is 0 Å². The molecule has 0 spiro atoms. The van der Waals surface area contributed by atoms with Gasteiger partial charge in [-0.25, -0.2) is 8.42 Å². The van der Waals surface area contributed by atoms with Gasteiger partial charge < -0.3 is 5.32 Å². The molecule has 1 aliphatic heterocycles. The van der Waals surface area contributed by atoms with E-state index in [1.807, 2.05) is 26.8 Å². The van der Waals surface area contributed by atoms with Crippen molar-refractivity contribution in [3.63, 3.8) is 0 Å². The summed E-state index contributed by atoms with van der Waals surface area (Å²) < 4.78 is 26.7. The fourth-order valence-corrected chi connectivity index (χ4v) is 3.91. The van der Waals surface area contributed by atoms with Crippen LogP contribution in [0.5, 0.6) is 0 Å². The van der Waals surface area contributed by atoms with Crippen molar-refractivity contribution in [1.29, 1.82) is 0 Å². The van der Waals surface area contributed by atoms with Crippen molar-refractivity contribution < 1.29 is 8.42 Å². The first kappa shape index (κ1) is 16.4. The molecule has 1 atom stereocenters. The summed E-state index contributed by atoms with van der Waals surface area (Å²) in [6, 6.07) is 5.34. The van der Waals surface area contributed by atoms with Gasteiger partial charge >= 0.3 is 0 Å². The number of piperazine rings is 1. The first-order valence-electron chi connectivity index (χ1n) is 6.23. The van der Waals surface area contributed by atoms with Crippen molar-refractivity contribution in [2.45, 2.75) is 31.7 Å². The summed E-state index contributed by atoms with van der Waals surface area (Å²) in [6.07, 6.45) is 0. The fourth-order valence-electron chi connectivity index (χ4n) is 2.19. The zero-order valence-corrected chi connectivity index (χ0v) is 13.1. The average Bonchev–Trinajstić information content (AvgIpc) is 2.33. The van der Waals surface area contributed by atoms with Crippen LogP contribution in [0.4, 0.5) is 0 Å². The topological polar surface area (TPSA) is 49.4 Å². The number of nitrogens with zero attached hydrogens (tertiary/aromatic N) is 1. The van der Waals surface area contributed by atoms with E-state index in [2.05, 4.69) is 5.32 Å². The standard InChI is InChI=1S/C13H20N2O2S.ClH/c1-10-4-5-13(8-11(10)2)18(16,17)15-7-6-14-9-12(15)3;/h4-5,8,12,14H,6-7,9H2,1-3H3;1H/t12-;/m0./s1. The third kappa shape index (κ3) is 3.28. The summed E-state index contributed by atoms with van der Waals surface area (Å²) in [5.74, 6) is 0. The molecular formula is C13H21ClN2O2S. The van der Waals surface area contributed by atoms with Gasteiger partial charge in [-0.15, -0.1) is 12.4 Å². The third-order valence-electron chi connectivity index (χ3n) is 3.53. The number of hydrogen-bond donors (Lipinski definition) is 1. The van der Waals surface area contributed by atoms with Gasteiger partial charge in [0.2, 0.25) is 10.0 Å². The van der Waals surface area contributed by atoms with Crippen molar-refractivity contribution in [3.05, 3.63) is 29.3 Å². The van der Waals surface area contributed by atoms with Gasteiger partial charge in [0.1, 0.15) is 0 Å². The molecule has 1 heterocycles. The Hall–Kier alpha value is -0.620. The molecule has 2 rings (SSSR count). The van der Waals surface area contributed by atoms with E-state index in [1.54, 1.807) is 16.4 Å². The Labute approximate surface area is 121 Å². The van der Waals surface area contributed by atoms with E-state index in [-0.39, 0.29) is 18.4 Å². The lowest BCUT2D eigenvalue weighted by molar-refractivity contribution is 0.284. The minimum Gasteiger partial charge on any atom is -0.314 e. The van der Waals surface area contributed by atoms with E-state index in [9.17, 15) is 8.42 Å². The van der Waals surface area contributed by atoms with Crippen molar-refractivity contribution in [3.8, 4) is 0 Å². The second kappa shape index (κ2) is 6.22. The lowest BCUT2D eigenvalue weighted by atomic mass is 10.1. The molecule has 6 heteroatoms. The highest BCUT2D eigenvalue weighted by molar-refractivity contribution is 7.89. The van der Waals surface area contributed by atoms with Gasteiger partial charge in [-0.3, -0.25) is 0 Å². The molecule has 1 fully saturated rings. The summed E-state index contributed by atoms with van der Waals surface area (Å²) in [4.78, 5) is 0.402. The van der Waals surface area contributed by atoms with Crippen molar-refractivity contribution >= 4 is 22.4 Å². The molecule has 1 aliphatic rings. The monoisotopic (exact) mass is 304 g/mol. The van der Waals surface area contributed by atoms with E-state index in [0.29, 0.717) is 24.5 Å². The first-order valence-corrected chi connectivity index (χ1v) is 7.67. The molecule has 108 valence electrons. The molecule has 0 aliphatic carbocycles. The predicted molar refractivity (Wildman–Crippen MR) is 79.4 cm³/mol. The summed E-state index contributed by atoms with van der Waals surface area (Å²) in [6.45, 7) is 7.83. The summed E-state index contributed by atoms with van der Waals surface area (Å²) in [5, 5.41) is 3.20. The highest BCUT2D eigenvalue weighted by Gasteiger charge is 2.30. The average molecular weight is 305 g/mol. The predicted octanol–water partition coefficient (Wildman–Crippen LogP) is 1.71. The van der Waals surface area contributed by atoms with Crippen LogP contribution in [0.2, 0.25) is 0 Å². The van der Waals surface area contributed by atoms with Crippen molar-refractivity contribution in [2.75, 3.05) is 19.6 Å². The quantitative estimate of drug-likeness (QED) is 0.905. The van der Waals surface area contributed by atoms with E-state index in [1.165, 1.54) is 0 Å². The van der Waals surface area contributed by atoms with Crippen molar-refractivity contribution in [1.82, 2.24) is 9.62 Å². The van der Waals surface area contributed by atoms with Crippen LogP contribution in [0.25, 0.3) is 0 Å². The second-order valence-electron chi connectivity index (χ2n) is 4.91.